The van der Waals surface area contributed by atoms with Crippen molar-refractivity contribution in [2.24, 2.45) is 16.8 Å². The molecule has 0 amide bonds. The minimum Gasteiger partial charge on any atom is -0.357 e. The number of hydrogen-bond donors (Lipinski definition) is 2. The van der Waals surface area contributed by atoms with Crippen LogP contribution in [0.2, 0.25) is 0 Å². The van der Waals surface area contributed by atoms with Gasteiger partial charge in [-0.1, -0.05) is 13.8 Å². The second-order valence-corrected chi connectivity index (χ2v) is 6.33. The zero-order valence-corrected chi connectivity index (χ0v) is 16.6. The molecule has 0 bridgehead atoms. The van der Waals surface area contributed by atoms with E-state index in [-0.39, 0.29) is 29.9 Å². The van der Waals surface area contributed by atoms with E-state index in [1.807, 2.05) is 6.92 Å². The van der Waals surface area contributed by atoms with Crippen molar-refractivity contribution in [3.63, 3.8) is 0 Å². The van der Waals surface area contributed by atoms with Gasteiger partial charge in [-0.3, -0.25) is 9.89 Å². The van der Waals surface area contributed by atoms with E-state index in [9.17, 15) is 13.2 Å². The van der Waals surface area contributed by atoms with Gasteiger partial charge in [-0.05, 0) is 38.1 Å². The van der Waals surface area contributed by atoms with E-state index in [0.29, 0.717) is 25.6 Å². The topological polar surface area (TPSA) is 39.7 Å². The minimum absolute atomic E-state index is 0. The lowest BCUT2D eigenvalue weighted by molar-refractivity contribution is -0.143. The molecule has 0 spiro atoms. The fraction of sp³-hybridized carbons (Fsp3) is 0.933. The largest absolute Gasteiger partial charge is 0.401 e. The number of hydrogen-bond acceptors (Lipinski definition) is 2. The van der Waals surface area contributed by atoms with Gasteiger partial charge in [0.25, 0.3) is 0 Å². The first kappa shape index (κ1) is 22.8. The predicted molar refractivity (Wildman–Crippen MR) is 99.5 cm³/mol. The molecule has 138 valence electrons. The van der Waals surface area contributed by atoms with Gasteiger partial charge in [0.2, 0.25) is 0 Å². The van der Waals surface area contributed by atoms with E-state index in [1.54, 1.807) is 0 Å². The van der Waals surface area contributed by atoms with Crippen molar-refractivity contribution in [2.75, 3.05) is 39.3 Å². The van der Waals surface area contributed by atoms with Crippen LogP contribution in [0.4, 0.5) is 13.2 Å². The molecule has 2 N–H and O–H groups in total. The van der Waals surface area contributed by atoms with Crippen molar-refractivity contribution in [2.45, 2.75) is 39.8 Å². The number of nitrogens with zero attached hydrogens (tertiary/aromatic N) is 2. The van der Waals surface area contributed by atoms with Crippen LogP contribution in [-0.4, -0.2) is 56.3 Å². The molecule has 0 aliphatic carbocycles. The normalized spacial score (nSPS) is 19.8. The molecule has 1 aliphatic rings. The number of nitrogens with one attached hydrogen (secondary N) is 2. The van der Waals surface area contributed by atoms with Crippen LogP contribution in [-0.2, 0) is 0 Å². The van der Waals surface area contributed by atoms with E-state index >= 15 is 0 Å². The molecule has 0 aromatic rings. The molecule has 0 aromatic heterocycles. The zero-order valence-electron chi connectivity index (χ0n) is 14.2. The summed E-state index contributed by atoms with van der Waals surface area (Å²) in [5.74, 6) is 1.60. The Balaban J connectivity index is 0.00000484. The van der Waals surface area contributed by atoms with E-state index in [0.717, 1.165) is 31.9 Å². The summed E-state index contributed by atoms with van der Waals surface area (Å²) in [6.07, 6.45) is -2.26. The van der Waals surface area contributed by atoms with Crippen LogP contribution in [0.5, 0.6) is 0 Å². The number of likely N-dealkylation sites (tertiary alicyclic amines) is 1. The maximum atomic E-state index is 12.4. The van der Waals surface area contributed by atoms with Gasteiger partial charge in [-0.15, -0.1) is 24.0 Å². The van der Waals surface area contributed by atoms with Crippen molar-refractivity contribution in [3.8, 4) is 0 Å². The third-order valence-corrected chi connectivity index (χ3v) is 3.64. The van der Waals surface area contributed by atoms with E-state index < -0.39 is 12.7 Å². The van der Waals surface area contributed by atoms with Crippen molar-refractivity contribution in [3.05, 3.63) is 0 Å². The molecule has 0 radical (unpaired) electrons. The van der Waals surface area contributed by atoms with Gasteiger partial charge in [-0.25, -0.2) is 0 Å². The first-order valence-electron chi connectivity index (χ1n) is 8.11. The fourth-order valence-corrected chi connectivity index (χ4v) is 2.50. The Bertz CT molecular complexity index is 348. The van der Waals surface area contributed by atoms with Crippen molar-refractivity contribution >= 4 is 29.9 Å². The summed E-state index contributed by atoms with van der Waals surface area (Å²) in [5, 5.41) is 6.45. The second-order valence-electron chi connectivity index (χ2n) is 6.33. The monoisotopic (exact) mass is 450 g/mol. The average molecular weight is 450 g/mol. The Morgan fingerprint density at radius 2 is 2.00 bits per heavy atom. The van der Waals surface area contributed by atoms with Gasteiger partial charge >= 0.3 is 6.18 Å². The maximum absolute atomic E-state index is 12.4. The average Bonchev–Trinajstić information content (AvgIpc) is 2.80. The molecular weight excluding hydrogens is 420 g/mol. The molecular formula is C15H30F3IN4. The van der Waals surface area contributed by atoms with Crippen LogP contribution in [0.25, 0.3) is 0 Å². The number of aliphatic imine (C=N–C) groups is 1. The van der Waals surface area contributed by atoms with Gasteiger partial charge < -0.3 is 10.6 Å². The summed E-state index contributed by atoms with van der Waals surface area (Å²) in [5.41, 5.74) is 0. The molecule has 8 heteroatoms. The standard InChI is InChI=1S/C15H29F3N4.HI/c1-4-19-14(20-7-5-12(2)3)21-9-13-6-8-22(10-13)11-15(16,17)18;/h12-13H,4-11H2,1-3H3,(H2,19,20,21);1H. The number of guanidine groups is 1. The quantitative estimate of drug-likeness (QED) is 0.356. The van der Waals surface area contributed by atoms with Crippen LogP contribution in [0.3, 0.4) is 0 Å². The van der Waals surface area contributed by atoms with E-state index in [1.165, 1.54) is 4.90 Å². The van der Waals surface area contributed by atoms with Crippen LogP contribution in [0.15, 0.2) is 4.99 Å². The molecule has 4 nitrogen and oxygen atoms in total. The summed E-state index contributed by atoms with van der Waals surface area (Å²) in [6, 6.07) is 0. The lowest BCUT2D eigenvalue weighted by Gasteiger charge is -2.17. The molecule has 0 saturated carbocycles. The zero-order chi connectivity index (χ0) is 16.6. The molecule has 0 aromatic carbocycles. The Kier molecular flexibility index (Phi) is 11.2. The summed E-state index contributed by atoms with van der Waals surface area (Å²) in [4.78, 5) is 5.98. The van der Waals surface area contributed by atoms with Crippen LogP contribution in [0, 0.1) is 11.8 Å². The smallest absolute Gasteiger partial charge is 0.357 e. The molecule has 1 rings (SSSR count). The molecule has 1 atom stereocenters. The number of halogens is 4. The van der Waals surface area contributed by atoms with Gasteiger partial charge in [0.1, 0.15) is 0 Å². The Hall–Kier alpha value is -0.250. The van der Waals surface area contributed by atoms with Crippen molar-refractivity contribution in [1.82, 2.24) is 15.5 Å². The highest BCUT2D eigenvalue weighted by atomic mass is 127. The Labute approximate surface area is 154 Å². The van der Waals surface area contributed by atoms with Gasteiger partial charge in [0.05, 0.1) is 6.54 Å². The maximum Gasteiger partial charge on any atom is 0.401 e. The highest BCUT2D eigenvalue weighted by Crippen LogP contribution is 2.22. The Morgan fingerprint density at radius 1 is 1.30 bits per heavy atom. The molecule has 1 fully saturated rings. The third kappa shape index (κ3) is 11.0. The third-order valence-electron chi connectivity index (χ3n) is 3.64. The van der Waals surface area contributed by atoms with Crippen molar-refractivity contribution < 1.29 is 13.2 Å². The van der Waals surface area contributed by atoms with Crippen LogP contribution < -0.4 is 10.6 Å². The highest BCUT2D eigenvalue weighted by Gasteiger charge is 2.34. The summed E-state index contributed by atoms with van der Waals surface area (Å²) < 4.78 is 37.1. The molecule has 1 heterocycles. The second kappa shape index (κ2) is 11.3. The van der Waals surface area contributed by atoms with E-state index in [4.69, 9.17) is 0 Å². The van der Waals surface area contributed by atoms with Crippen LogP contribution in [0.1, 0.15) is 33.6 Å². The number of alkyl halides is 3. The molecule has 1 aliphatic heterocycles. The SMILES string of the molecule is CCNC(=NCC1CCN(CC(F)(F)F)C1)NCCC(C)C.I. The van der Waals surface area contributed by atoms with E-state index in [2.05, 4.69) is 29.5 Å². The number of rotatable bonds is 7. The fourth-order valence-electron chi connectivity index (χ4n) is 2.50. The highest BCUT2D eigenvalue weighted by molar-refractivity contribution is 14.0. The van der Waals surface area contributed by atoms with Crippen molar-refractivity contribution in [1.29, 1.82) is 0 Å². The minimum atomic E-state index is -4.11. The first-order chi connectivity index (χ1) is 10.3. The van der Waals surface area contributed by atoms with Gasteiger partial charge in [0, 0.05) is 26.2 Å². The molecule has 23 heavy (non-hydrogen) atoms. The lowest BCUT2D eigenvalue weighted by atomic mass is 10.1. The lowest BCUT2D eigenvalue weighted by Crippen LogP contribution is -2.38. The summed E-state index contributed by atoms with van der Waals surface area (Å²) >= 11 is 0. The Morgan fingerprint density at radius 3 is 2.57 bits per heavy atom. The van der Waals surface area contributed by atoms with Gasteiger partial charge in [-0.2, -0.15) is 13.2 Å². The molecule has 1 saturated heterocycles. The van der Waals surface area contributed by atoms with Crippen LogP contribution >= 0.6 is 24.0 Å². The predicted octanol–water partition coefficient (Wildman–Crippen LogP) is 3.09. The van der Waals surface area contributed by atoms with Gasteiger partial charge in [0.15, 0.2) is 5.96 Å². The molecule has 1 unspecified atom stereocenters. The summed E-state index contributed by atoms with van der Waals surface area (Å²) in [7, 11) is 0. The first-order valence-corrected chi connectivity index (χ1v) is 8.11. The summed E-state index contributed by atoms with van der Waals surface area (Å²) in [6.45, 7) is 8.72.